The van der Waals surface area contributed by atoms with Gasteiger partial charge in [0.25, 0.3) is 0 Å². The summed E-state index contributed by atoms with van der Waals surface area (Å²) in [4.78, 5) is 2.14. The van der Waals surface area contributed by atoms with Gasteiger partial charge in [0.1, 0.15) is 0 Å². The zero-order valence-electron chi connectivity index (χ0n) is 11.6. The van der Waals surface area contributed by atoms with Gasteiger partial charge in [-0.1, -0.05) is 11.6 Å². The van der Waals surface area contributed by atoms with Crippen molar-refractivity contribution in [3.05, 3.63) is 29.3 Å². The molecule has 0 aromatic heterocycles. The molecule has 5 nitrogen and oxygen atoms in total. The molecule has 21 heavy (non-hydrogen) atoms. The molecular formula is C14H18ClN3O2S. The molecule has 0 unspecified atom stereocenters. The fraction of sp³-hybridized carbons (Fsp3) is 0.500. The van der Waals surface area contributed by atoms with Gasteiger partial charge in [-0.3, -0.25) is 0 Å². The maximum absolute atomic E-state index is 11.9. The number of anilines is 1. The van der Waals surface area contributed by atoms with Gasteiger partial charge in [0, 0.05) is 36.3 Å². The topological polar surface area (TPSA) is 73.2 Å². The van der Waals surface area contributed by atoms with Crippen LogP contribution in [0.1, 0.15) is 19.3 Å². The molecule has 1 atom stereocenters. The van der Waals surface area contributed by atoms with Crippen LogP contribution in [0.15, 0.2) is 24.3 Å². The molecule has 7 heteroatoms. The molecule has 1 saturated heterocycles. The highest BCUT2D eigenvalue weighted by Crippen LogP contribution is 2.22. The van der Waals surface area contributed by atoms with Crippen LogP contribution in [0.4, 0.5) is 5.69 Å². The molecule has 0 saturated carbocycles. The quantitative estimate of drug-likeness (QED) is 0.812. The SMILES string of the molecule is N#CCCCS(=O)(=O)N[C@@H]1CCN(c2ccc(Cl)cc2)C1. The highest BCUT2D eigenvalue weighted by molar-refractivity contribution is 7.89. The molecule has 0 aliphatic carbocycles. The van der Waals surface area contributed by atoms with Gasteiger partial charge < -0.3 is 4.90 Å². The summed E-state index contributed by atoms with van der Waals surface area (Å²) in [5, 5.41) is 9.13. The highest BCUT2D eigenvalue weighted by Gasteiger charge is 2.26. The standard InChI is InChI=1S/C14H18ClN3O2S/c15-12-3-5-14(6-4-12)18-9-7-13(11-18)17-21(19,20)10-2-1-8-16/h3-6,13,17H,1-2,7,9-11H2/t13-/m1/s1. The zero-order chi connectivity index (χ0) is 15.3. The normalized spacial score (nSPS) is 18.7. The lowest BCUT2D eigenvalue weighted by molar-refractivity contribution is 0.559. The predicted octanol–water partition coefficient (Wildman–Crippen LogP) is 2.14. The average molecular weight is 328 g/mol. The third-order valence-electron chi connectivity index (χ3n) is 3.43. The molecule has 2 rings (SSSR count). The van der Waals surface area contributed by atoms with Gasteiger partial charge >= 0.3 is 0 Å². The van der Waals surface area contributed by atoms with Crippen molar-refractivity contribution in [1.82, 2.24) is 4.72 Å². The maximum atomic E-state index is 11.9. The number of nitrogens with zero attached hydrogens (tertiary/aromatic N) is 2. The van der Waals surface area contributed by atoms with Gasteiger partial charge in [-0.25, -0.2) is 13.1 Å². The van der Waals surface area contributed by atoms with Gasteiger partial charge in [-0.15, -0.1) is 0 Å². The van der Waals surface area contributed by atoms with Crippen LogP contribution in [0, 0.1) is 11.3 Å². The molecule has 1 aromatic rings. The molecule has 0 amide bonds. The van der Waals surface area contributed by atoms with Crippen molar-refractivity contribution in [2.24, 2.45) is 0 Å². The summed E-state index contributed by atoms with van der Waals surface area (Å²) in [5.74, 6) is 0.0119. The van der Waals surface area contributed by atoms with Crippen LogP contribution < -0.4 is 9.62 Å². The molecule has 1 heterocycles. The van der Waals surface area contributed by atoms with E-state index in [0.29, 0.717) is 18.0 Å². The Hall–Kier alpha value is -1.29. The monoisotopic (exact) mass is 327 g/mol. The van der Waals surface area contributed by atoms with Gasteiger partial charge in [-0.2, -0.15) is 5.26 Å². The van der Waals surface area contributed by atoms with Crippen molar-refractivity contribution in [2.45, 2.75) is 25.3 Å². The molecule has 1 N–H and O–H groups in total. The van der Waals surface area contributed by atoms with Gasteiger partial charge in [0.15, 0.2) is 0 Å². The number of unbranched alkanes of at least 4 members (excludes halogenated alkanes) is 1. The molecule has 114 valence electrons. The van der Waals surface area contributed by atoms with Crippen LogP contribution in [0.25, 0.3) is 0 Å². The van der Waals surface area contributed by atoms with E-state index in [-0.39, 0.29) is 18.2 Å². The Balaban J connectivity index is 1.88. The van der Waals surface area contributed by atoms with Gasteiger partial charge in [0.2, 0.25) is 10.0 Å². The average Bonchev–Trinajstić information content (AvgIpc) is 2.87. The number of hydrogen-bond acceptors (Lipinski definition) is 4. The molecule has 1 fully saturated rings. The number of hydrogen-bond donors (Lipinski definition) is 1. The third kappa shape index (κ3) is 4.88. The van der Waals surface area contributed by atoms with E-state index in [1.165, 1.54) is 0 Å². The number of rotatable bonds is 6. The number of sulfonamides is 1. The van der Waals surface area contributed by atoms with E-state index in [1.807, 2.05) is 30.3 Å². The molecule has 0 bridgehead atoms. The first-order chi connectivity index (χ1) is 10.00. The summed E-state index contributed by atoms with van der Waals surface area (Å²) in [6.45, 7) is 1.46. The Kier molecular flexibility index (Phi) is 5.45. The second-order valence-electron chi connectivity index (χ2n) is 5.11. The maximum Gasteiger partial charge on any atom is 0.211 e. The Morgan fingerprint density at radius 3 is 2.76 bits per heavy atom. The lowest BCUT2D eigenvalue weighted by atomic mass is 10.3. The first-order valence-electron chi connectivity index (χ1n) is 6.87. The summed E-state index contributed by atoms with van der Waals surface area (Å²) in [5.41, 5.74) is 1.05. The van der Waals surface area contributed by atoms with Gasteiger partial charge in [0.05, 0.1) is 11.8 Å². The molecule has 0 radical (unpaired) electrons. The predicted molar refractivity (Wildman–Crippen MR) is 83.8 cm³/mol. The number of benzene rings is 1. The molecule has 0 spiro atoms. The van der Waals surface area contributed by atoms with Crippen molar-refractivity contribution in [3.8, 4) is 6.07 Å². The lowest BCUT2D eigenvalue weighted by Crippen LogP contribution is -2.38. The summed E-state index contributed by atoms with van der Waals surface area (Å²) in [7, 11) is -3.30. The first kappa shape index (κ1) is 16.1. The minimum Gasteiger partial charge on any atom is -0.370 e. The molecule has 1 aliphatic rings. The second-order valence-corrected chi connectivity index (χ2v) is 7.42. The Morgan fingerprint density at radius 1 is 1.38 bits per heavy atom. The minimum atomic E-state index is -3.30. The van der Waals surface area contributed by atoms with Crippen LogP contribution in [-0.2, 0) is 10.0 Å². The summed E-state index contributed by atoms with van der Waals surface area (Å²) < 4.78 is 26.5. The van der Waals surface area contributed by atoms with Crippen molar-refractivity contribution in [1.29, 1.82) is 5.26 Å². The Labute approximate surface area is 130 Å². The van der Waals surface area contributed by atoms with E-state index in [4.69, 9.17) is 16.9 Å². The van der Waals surface area contributed by atoms with E-state index in [1.54, 1.807) is 0 Å². The smallest absolute Gasteiger partial charge is 0.211 e. The van der Waals surface area contributed by atoms with Gasteiger partial charge in [-0.05, 0) is 37.1 Å². The fourth-order valence-electron chi connectivity index (χ4n) is 2.40. The van der Waals surface area contributed by atoms with E-state index in [2.05, 4.69) is 9.62 Å². The summed E-state index contributed by atoms with van der Waals surface area (Å²) >= 11 is 5.86. The van der Waals surface area contributed by atoms with Crippen molar-refractivity contribution < 1.29 is 8.42 Å². The number of nitriles is 1. The van der Waals surface area contributed by atoms with Crippen LogP contribution in [0.5, 0.6) is 0 Å². The van der Waals surface area contributed by atoms with Crippen LogP contribution >= 0.6 is 11.6 Å². The largest absolute Gasteiger partial charge is 0.370 e. The molecule has 1 aliphatic heterocycles. The molecule has 1 aromatic carbocycles. The Bertz CT molecular complexity index is 610. The second kappa shape index (κ2) is 7.12. The Morgan fingerprint density at radius 2 is 2.10 bits per heavy atom. The van der Waals surface area contributed by atoms with Crippen molar-refractivity contribution in [3.63, 3.8) is 0 Å². The lowest BCUT2D eigenvalue weighted by Gasteiger charge is -2.19. The number of halogens is 1. The van der Waals surface area contributed by atoms with Crippen LogP contribution in [0.3, 0.4) is 0 Å². The van der Waals surface area contributed by atoms with Crippen LogP contribution in [0.2, 0.25) is 5.02 Å². The molecular weight excluding hydrogens is 310 g/mol. The van der Waals surface area contributed by atoms with Crippen LogP contribution in [-0.4, -0.2) is 33.3 Å². The van der Waals surface area contributed by atoms with E-state index in [9.17, 15) is 8.42 Å². The van der Waals surface area contributed by atoms with E-state index < -0.39 is 10.0 Å². The zero-order valence-corrected chi connectivity index (χ0v) is 13.2. The van der Waals surface area contributed by atoms with E-state index >= 15 is 0 Å². The first-order valence-corrected chi connectivity index (χ1v) is 8.91. The number of nitrogens with one attached hydrogen (secondary N) is 1. The third-order valence-corrected chi connectivity index (χ3v) is 5.20. The van der Waals surface area contributed by atoms with E-state index in [0.717, 1.165) is 18.7 Å². The fourth-order valence-corrected chi connectivity index (χ4v) is 3.87. The van der Waals surface area contributed by atoms with Crippen molar-refractivity contribution in [2.75, 3.05) is 23.7 Å². The minimum absolute atomic E-state index is 0.0119. The van der Waals surface area contributed by atoms with Crippen molar-refractivity contribution >= 4 is 27.3 Å². The summed E-state index contributed by atoms with van der Waals surface area (Å²) in [6.07, 6.45) is 1.42. The highest BCUT2D eigenvalue weighted by atomic mass is 35.5. The summed E-state index contributed by atoms with van der Waals surface area (Å²) in [6, 6.07) is 9.41.